The van der Waals surface area contributed by atoms with Crippen LogP contribution in [0.25, 0.3) is 11.0 Å². The van der Waals surface area contributed by atoms with Crippen LogP contribution >= 0.6 is 0 Å². The molecule has 5 rings (SSSR count). The number of imidazole rings is 1. The summed E-state index contributed by atoms with van der Waals surface area (Å²) in [6, 6.07) is 5.01. The van der Waals surface area contributed by atoms with Crippen molar-refractivity contribution in [3.63, 3.8) is 0 Å². The SMILES string of the molecule is Cn1c(=O)n(C2CCC(=O)NC2=O)c2cccc(N3CCN([C@@H]4CCNC[C@H]4F)CC3)c21. The van der Waals surface area contributed by atoms with E-state index in [1.807, 2.05) is 18.2 Å². The molecule has 0 aliphatic carbocycles. The summed E-state index contributed by atoms with van der Waals surface area (Å²) < 4.78 is 17.5. The second kappa shape index (κ2) is 8.32. The number of para-hydroxylation sites is 1. The second-order valence-corrected chi connectivity index (χ2v) is 8.92. The number of fused-ring (bicyclic) bond motifs is 1. The lowest BCUT2D eigenvalue weighted by Crippen LogP contribution is -2.57. The van der Waals surface area contributed by atoms with Gasteiger partial charge in [-0.15, -0.1) is 0 Å². The molecule has 1 unspecified atom stereocenters. The lowest BCUT2D eigenvalue weighted by Gasteiger charge is -2.42. The minimum atomic E-state index is -0.845. The highest BCUT2D eigenvalue weighted by atomic mass is 19.1. The molecule has 172 valence electrons. The predicted molar refractivity (Wildman–Crippen MR) is 119 cm³/mol. The van der Waals surface area contributed by atoms with Gasteiger partial charge in [0.1, 0.15) is 12.2 Å². The van der Waals surface area contributed by atoms with Gasteiger partial charge in [-0.05, 0) is 31.5 Å². The van der Waals surface area contributed by atoms with Crippen molar-refractivity contribution in [2.75, 3.05) is 44.2 Å². The molecule has 0 bridgehead atoms. The predicted octanol–water partition coefficient (Wildman–Crippen LogP) is 0.140. The average Bonchev–Trinajstić information content (AvgIpc) is 3.05. The number of alkyl halides is 1. The smallest absolute Gasteiger partial charge is 0.329 e. The van der Waals surface area contributed by atoms with Crippen molar-refractivity contribution in [1.82, 2.24) is 24.7 Å². The first kappa shape index (κ1) is 21.1. The van der Waals surface area contributed by atoms with Crippen LogP contribution in [-0.4, -0.2) is 77.3 Å². The van der Waals surface area contributed by atoms with E-state index in [-0.39, 0.29) is 24.1 Å². The Kier molecular flexibility index (Phi) is 5.50. The Morgan fingerprint density at radius 3 is 2.56 bits per heavy atom. The summed E-state index contributed by atoms with van der Waals surface area (Å²) in [5.41, 5.74) is 2.14. The number of amides is 2. The Morgan fingerprint density at radius 2 is 1.84 bits per heavy atom. The number of benzene rings is 1. The van der Waals surface area contributed by atoms with Gasteiger partial charge < -0.3 is 10.2 Å². The number of nitrogens with one attached hydrogen (secondary N) is 2. The number of hydrogen-bond donors (Lipinski definition) is 2. The third-order valence-electron chi connectivity index (χ3n) is 7.10. The highest BCUT2D eigenvalue weighted by Crippen LogP contribution is 2.30. The third-order valence-corrected chi connectivity index (χ3v) is 7.10. The van der Waals surface area contributed by atoms with E-state index < -0.39 is 18.1 Å². The third kappa shape index (κ3) is 3.51. The number of piperidine rings is 2. The molecule has 32 heavy (non-hydrogen) atoms. The zero-order valence-electron chi connectivity index (χ0n) is 18.2. The van der Waals surface area contributed by atoms with Crippen molar-refractivity contribution in [3.8, 4) is 0 Å². The van der Waals surface area contributed by atoms with Gasteiger partial charge in [-0.25, -0.2) is 9.18 Å². The Bertz CT molecular complexity index is 1100. The van der Waals surface area contributed by atoms with Crippen LogP contribution < -0.4 is 21.2 Å². The molecule has 4 heterocycles. The molecule has 3 saturated heterocycles. The van der Waals surface area contributed by atoms with Crippen molar-refractivity contribution >= 4 is 28.5 Å². The van der Waals surface area contributed by atoms with Crippen molar-refractivity contribution in [2.45, 2.75) is 37.5 Å². The number of anilines is 1. The molecule has 0 saturated carbocycles. The van der Waals surface area contributed by atoms with E-state index in [4.69, 9.17) is 0 Å². The molecule has 10 heteroatoms. The maximum atomic E-state index is 14.4. The van der Waals surface area contributed by atoms with Crippen molar-refractivity contribution in [1.29, 1.82) is 0 Å². The van der Waals surface area contributed by atoms with E-state index >= 15 is 0 Å². The number of aromatic nitrogens is 2. The topological polar surface area (TPSA) is 91.6 Å². The second-order valence-electron chi connectivity index (χ2n) is 8.92. The summed E-state index contributed by atoms with van der Waals surface area (Å²) in [6.45, 7) is 4.29. The molecule has 2 aromatic rings. The van der Waals surface area contributed by atoms with Crippen LogP contribution in [-0.2, 0) is 16.6 Å². The number of aryl methyl sites for hydroxylation is 1. The molecule has 9 nitrogen and oxygen atoms in total. The quantitative estimate of drug-likeness (QED) is 0.655. The van der Waals surface area contributed by atoms with Crippen molar-refractivity contribution < 1.29 is 14.0 Å². The molecule has 0 spiro atoms. The number of carbonyl (C=O) groups excluding carboxylic acids is 2. The van der Waals surface area contributed by atoms with Crippen LogP contribution in [0, 0.1) is 0 Å². The molecule has 3 atom stereocenters. The number of rotatable bonds is 3. The monoisotopic (exact) mass is 444 g/mol. The van der Waals surface area contributed by atoms with E-state index in [0.717, 1.165) is 50.3 Å². The maximum absolute atomic E-state index is 14.4. The first-order chi connectivity index (χ1) is 15.5. The molecule has 3 aliphatic rings. The summed E-state index contributed by atoms with van der Waals surface area (Å²) >= 11 is 0. The number of carbonyl (C=O) groups is 2. The van der Waals surface area contributed by atoms with Gasteiger partial charge in [0.15, 0.2) is 0 Å². The van der Waals surface area contributed by atoms with Crippen molar-refractivity contribution in [3.05, 3.63) is 28.7 Å². The number of piperazine rings is 1. The first-order valence-electron chi connectivity index (χ1n) is 11.3. The fourth-order valence-corrected chi connectivity index (χ4v) is 5.42. The molecular formula is C22H29FN6O3. The summed E-state index contributed by atoms with van der Waals surface area (Å²) in [5, 5.41) is 5.46. The molecular weight excluding hydrogens is 415 g/mol. The summed E-state index contributed by atoms with van der Waals surface area (Å²) in [7, 11) is 1.72. The van der Waals surface area contributed by atoms with Crippen molar-refractivity contribution in [2.24, 2.45) is 7.05 Å². The summed E-state index contributed by atoms with van der Waals surface area (Å²) in [4.78, 5) is 41.6. The van der Waals surface area contributed by atoms with E-state index in [2.05, 4.69) is 20.4 Å². The van der Waals surface area contributed by atoms with E-state index in [0.29, 0.717) is 18.5 Å². The maximum Gasteiger partial charge on any atom is 0.329 e. The lowest BCUT2D eigenvalue weighted by molar-refractivity contribution is -0.135. The molecule has 2 amide bonds. The number of nitrogens with zero attached hydrogens (tertiary/aromatic N) is 4. The minimum Gasteiger partial charge on any atom is -0.367 e. The van der Waals surface area contributed by atoms with E-state index in [9.17, 15) is 18.8 Å². The average molecular weight is 445 g/mol. The normalized spacial score (nSPS) is 27.7. The zero-order valence-corrected chi connectivity index (χ0v) is 18.2. The number of imide groups is 1. The van der Waals surface area contributed by atoms with Gasteiger partial charge in [0, 0.05) is 52.2 Å². The summed E-state index contributed by atoms with van der Waals surface area (Å²) in [6.07, 6.45) is 0.502. The molecule has 1 aromatic heterocycles. The van der Waals surface area contributed by atoms with Crippen LogP contribution in [0.4, 0.5) is 10.1 Å². The van der Waals surface area contributed by atoms with Crippen LogP contribution in [0.3, 0.4) is 0 Å². The van der Waals surface area contributed by atoms with Gasteiger partial charge in [0.25, 0.3) is 0 Å². The zero-order chi connectivity index (χ0) is 22.4. The first-order valence-corrected chi connectivity index (χ1v) is 11.3. The number of hydrogen-bond acceptors (Lipinski definition) is 6. The van der Waals surface area contributed by atoms with Gasteiger partial charge in [-0.3, -0.25) is 28.9 Å². The highest BCUT2D eigenvalue weighted by Gasteiger charge is 2.34. The Balaban J connectivity index is 1.43. The Hall–Kier alpha value is -2.72. The fourth-order valence-electron chi connectivity index (χ4n) is 5.42. The van der Waals surface area contributed by atoms with E-state index in [1.54, 1.807) is 11.6 Å². The van der Waals surface area contributed by atoms with Gasteiger partial charge in [-0.2, -0.15) is 0 Å². The van der Waals surface area contributed by atoms with Gasteiger partial charge in [0.05, 0.1) is 16.7 Å². The Labute approximate surface area is 185 Å². The molecule has 3 fully saturated rings. The van der Waals surface area contributed by atoms with E-state index in [1.165, 1.54) is 4.57 Å². The lowest BCUT2D eigenvalue weighted by atomic mass is 10.0. The van der Waals surface area contributed by atoms with Gasteiger partial charge >= 0.3 is 5.69 Å². The van der Waals surface area contributed by atoms with Gasteiger partial charge in [0.2, 0.25) is 11.8 Å². The van der Waals surface area contributed by atoms with Gasteiger partial charge in [-0.1, -0.05) is 6.07 Å². The molecule has 0 radical (unpaired) electrons. The van der Waals surface area contributed by atoms with Crippen LogP contribution in [0.5, 0.6) is 0 Å². The minimum absolute atomic E-state index is 0.0350. The van der Waals surface area contributed by atoms with Crippen LogP contribution in [0.15, 0.2) is 23.0 Å². The molecule has 2 N–H and O–H groups in total. The standard InChI is InChI=1S/C22H29FN6O3/c1-26-20-16(28-11-9-27(10-12-28)15-7-8-24-13-14(15)23)3-2-4-17(20)29(22(26)32)18-5-6-19(30)25-21(18)31/h2-4,14-15,18,24H,5-13H2,1H3,(H,25,30,31)/t14-,15-,18?/m1/s1. The Morgan fingerprint density at radius 1 is 1.06 bits per heavy atom. The summed E-state index contributed by atoms with van der Waals surface area (Å²) in [5.74, 6) is -0.736. The fraction of sp³-hybridized carbons (Fsp3) is 0.591. The highest BCUT2D eigenvalue weighted by molar-refractivity contribution is 6.00. The molecule has 1 aromatic carbocycles. The van der Waals surface area contributed by atoms with Crippen LogP contribution in [0.1, 0.15) is 25.3 Å². The number of halogens is 1. The molecule has 3 aliphatic heterocycles. The van der Waals surface area contributed by atoms with Crippen LogP contribution in [0.2, 0.25) is 0 Å². The largest absolute Gasteiger partial charge is 0.367 e.